The topological polar surface area (TPSA) is 41.6 Å². The van der Waals surface area contributed by atoms with Gasteiger partial charge in [-0.3, -0.25) is 4.79 Å². The van der Waals surface area contributed by atoms with E-state index in [-0.39, 0.29) is 17.6 Å². The monoisotopic (exact) mass is 282 g/mol. The second kappa shape index (κ2) is 6.44. The maximum Gasteiger partial charge on any atom is 0.228 e. The van der Waals surface area contributed by atoms with Gasteiger partial charge in [-0.15, -0.1) is 0 Å². The average molecular weight is 282 g/mol. The van der Waals surface area contributed by atoms with Crippen LogP contribution in [-0.2, 0) is 9.53 Å². The lowest BCUT2D eigenvalue weighted by atomic mass is 9.73. The molecule has 0 aliphatic carbocycles. The summed E-state index contributed by atoms with van der Waals surface area (Å²) in [5, 5.41) is 3.44. The van der Waals surface area contributed by atoms with Gasteiger partial charge in [0.1, 0.15) is 0 Å². The van der Waals surface area contributed by atoms with Crippen LogP contribution in [0, 0.1) is 11.3 Å². The molecule has 3 unspecified atom stereocenters. The van der Waals surface area contributed by atoms with Crippen LogP contribution in [0.15, 0.2) is 0 Å². The van der Waals surface area contributed by atoms with Gasteiger partial charge in [-0.2, -0.15) is 0 Å². The number of carbonyl (C=O) groups is 1. The summed E-state index contributed by atoms with van der Waals surface area (Å²) in [5.41, 5.74) is -0.280. The molecule has 2 saturated heterocycles. The first-order valence-electron chi connectivity index (χ1n) is 8.10. The van der Waals surface area contributed by atoms with E-state index in [9.17, 15) is 4.79 Å². The highest BCUT2D eigenvalue weighted by molar-refractivity contribution is 5.82. The highest BCUT2D eigenvalue weighted by Crippen LogP contribution is 2.35. The minimum Gasteiger partial charge on any atom is -0.375 e. The fourth-order valence-electron chi connectivity index (χ4n) is 3.44. The summed E-state index contributed by atoms with van der Waals surface area (Å²) in [7, 11) is 0. The smallest absolute Gasteiger partial charge is 0.228 e. The van der Waals surface area contributed by atoms with E-state index in [4.69, 9.17) is 4.74 Å². The summed E-state index contributed by atoms with van der Waals surface area (Å²) in [4.78, 5) is 15.2. The van der Waals surface area contributed by atoms with Gasteiger partial charge in [-0.25, -0.2) is 0 Å². The van der Waals surface area contributed by atoms with Crippen LogP contribution < -0.4 is 5.32 Å². The molecular formula is C16H30N2O2. The van der Waals surface area contributed by atoms with Crippen molar-refractivity contribution >= 4 is 5.91 Å². The van der Waals surface area contributed by atoms with Crippen LogP contribution in [0.25, 0.3) is 0 Å². The Morgan fingerprint density at radius 1 is 1.45 bits per heavy atom. The van der Waals surface area contributed by atoms with E-state index in [1.165, 1.54) is 6.42 Å². The second-order valence-electron chi connectivity index (χ2n) is 6.93. The molecule has 4 nitrogen and oxygen atoms in total. The summed E-state index contributed by atoms with van der Waals surface area (Å²) in [6, 6.07) is 0.245. The molecule has 0 aromatic heterocycles. The van der Waals surface area contributed by atoms with Gasteiger partial charge in [0.05, 0.1) is 18.8 Å². The molecule has 116 valence electrons. The molecule has 0 spiro atoms. The van der Waals surface area contributed by atoms with Gasteiger partial charge < -0.3 is 15.0 Å². The number of ether oxygens (including phenoxy) is 1. The van der Waals surface area contributed by atoms with Gasteiger partial charge in [0.25, 0.3) is 0 Å². The van der Waals surface area contributed by atoms with E-state index in [0.29, 0.717) is 18.4 Å². The van der Waals surface area contributed by atoms with Crippen LogP contribution in [0.2, 0.25) is 0 Å². The molecular weight excluding hydrogens is 252 g/mol. The Balaban J connectivity index is 2.10. The number of nitrogens with zero attached hydrogens (tertiary/aromatic N) is 1. The number of rotatable bonds is 3. The number of piperidine rings is 1. The molecule has 2 aliphatic rings. The Hall–Kier alpha value is -0.610. The van der Waals surface area contributed by atoms with Crippen molar-refractivity contribution in [2.24, 2.45) is 11.3 Å². The molecule has 1 amide bonds. The summed E-state index contributed by atoms with van der Waals surface area (Å²) in [5.74, 6) is 0.757. The highest BCUT2D eigenvalue weighted by Gasteiger charge is 2.42. The second-order valence-corrected chi connectivity index (χ2v) is 6.93. The Kier molecular flexibility index (Phi) is 5.08. The lowest BCUT2D eigenvalue weighted by Gasteiger charge is -2.45. The molecule has 0 aromatic rings. The number of amides is 1. The molecule has 3 atom stereocenters. The Morgan fingerprint density at radius 2 is 2.20 bits per heavy atom. The Bertz CT molecular complexity index is 337. The lowest BCUT2D eigenvalue weighted by Crippen LogP contribution is -2.57. The molecule has 1 N–H and O–H groups in total. The van der Waals surface area contributed by atoms with Crippen molar-refractivity contribution in [1.29, 1.82) is 0 Å². The summed E-state index contributed by atoms with van der Waals surface area (Å²) < 4.78 is 5.71. The molecule has 4 heteroatoms. The highest BCUT2D eigenvalue weighted by atomic mass is 16.5. The van der Waals surface area contributed by atoms with Gasteiger partial charge in [0.15, 0.2) is 0 Å². The van der Waals surface area contributed by atoms with Crippen molar-refractivity contribution in [2.75, 3.05) is 26.2 Å². The van der Waals surface area contributed by atoms with E-state index in [0.717, 1.165) is 32.5 Å². The van der Waals surface area contributed by atoms with E-state index < -0.39 is 0 Å². The van der Waals surface area contributed by atoms with Crippen LogP contribution in [0.1, 0.15) is 47.0 Å². The van der Waals surface area contributed by atoms with Gasteiger partial charge in [-0.05, 0) is 45.2 Å². The fraction of sp³-hybridized carbons (Fsp3) is 0.938. The molecule has 2 aliphatic heterocycles. The van der Waals surface area contributed by atoms with E-state index in [2.05, 4.69) is 37.9 Å². The van der Waals surface area contributed by atoms with Crippen LogP contribution in [-0.4, -0.2) is 49.2 Å². The summed E-state index contributed by atoms with van der Waals surface area (Å²) >= 11 is 0. The number of hydrogen-bond donors (Lipinski definition) is 1. The van der Waals surface area contributed by atoms with Gasteiger partial charge >= 0.3 is 0 Å². The van der Waals surface area contributed by atoms with Crippen molar-refractivity contribution < 1.29 is 9.53 Å². The van der Waals surface area contributed by atoms with Crippen LogP contribution in [0.5, 0.6) is 0 Å². The molecule has 20 heavy (non-hydrogen) atoms. The van der Waals surface area contributed by atoms with E-state index in [1.807, 2.05) is 0 Å². The van der Waals surface area contributed by atoms with E-state index >= 15 is 0 Å². The van der Waals surface area contributed by atoms with Crippen LogP contribution in [0.4, 0.5) is 0 Å². The van der Waals surface area contributed by atoms with Crippen molar-refractivity contribution in [3.8, 4) is 0 Å². The standard InChI is InChI=1S/C16H30N2O2/c1-5-14-11-20-12(2)10-18(14)15(19)16(3,4)13-7-6-8-17-9-13/h12-14,17H,5-11H2,1-4H3. The molecule has 0 radical (unpaired) electrons. The quantitative estimate of drug-likeness (QED) is 0.861. The van der Waals surface area contributed by atoms with Crippen molar-refractivity contribution in [1.82, 2.24) is 10.2 Å². The van der Waals surface area contributed by atoms with Crippen molar-refractivity contribution in [3.05, 3.63) is 0 Å². The minimum absolute atomic E-state index is 0.155. The molecule has 0 aromatic carbocycles. The number of nitrogens with one attached hydrogen (secondary N) is 1. The molecule has 2 rings (SSSR count). The first-order valence-corrected chi connectivity index (χ1v) is 8.10. The third-order valence-corrected chi connectivity index (χ3v) is 5.07. The normalized spacial score (nSPS) is 32.2. The first kappa shape index (κ1) is 15.8. The Labute approximate surface area is 123 Å². The van der Waals surface area contributed by atoms with Gasteiger partial charge in [0, 0.05) is 12.0 Å². The maximum atomic E-state index is 13.1. The molecule has 2 heterocycles. The van der Waals surface area contributed by atoms with Crippen LogP contribution in [0.3, 0.4) is 0 Å². The van der Waals surface area contributed by atoms with E-state index in [1.54, 1.807) is 0 Å². The zero-order chi connectivity index (χ0) is 14.8. The third kappa shape index (κ3) is 3.17. The number of carbonyl (C=O) groups excluding carboxylic acids is 1. The molecule has 0 saturated carbocycles. The van der Waals surface area contributed by atoms with Gasteiger partial charge in [-0.1, -0.05) is 20.8 Å². The van der Waals surface area contributed by atoms with Gasteiger partial charge in [0.2, 0.25) is 5.91 Å². The fourth-order valence-corrected chi connectivity index (χ4v) is 3.44. The zero-order valence-electron chi connectivity index (χ0n) is 13.4. The lowest BCUT2D eigenvalue weighted by molar-refractivity contribution is -0.157. The summed E-state index contributed by atoms with van der Waals surface area (Å²) in [6.07, 6.45) is 3.46. The SMILES string of the molecule is CCC1COC(C)CN1C(=O)C(C)(C)C1CCCNC1. The predicted octanol–water partition coefficient (Wildman–Crippen LogP) is 2.04. The maximum absolute atomic E-state index is 13.1. The van der Waals surface area contributed by atoms with Crippen LogP contribution >= 0.6 is 0 Å². The molecule has 0 bridgehead atoms. The predicted molar refractivity (Wildman–Crippen MR) is 80.6 cm³/mol. The zero-order valence-corrected chi connectivity index (χ0v) is 13.4. The van der Waals surface area contributed by atoms with Crippen molar-refractivity contribution in [3.63, 3.8) is 0 Å². The summed E-state index contributed by atoms with van der Waals surface area (Å²) in [6.45, 7) is 11.9. The average Bonchev–Trinajstić information content (AvgIpc) is 2.47. The number of morpholine rings is 1. The largest absolute Gasteiger partial charge is 0.375 e. The molecule has 2 fully saturated rings. The third-order valence-electron chi connectivity index (χ3n) is 5.07. The number of hydrogen-bond acceptors (Lipinski definition) is 3. The van der Waals surface area contributed by atoms with Crippen molar-refractivity contribution in [2.45, 2.75) is 59.1 Å². The first-order chi connectivity index (χ1) is 9.46. The minimum atomic E-state index is -0.280. The Morgan fingerprint density at radius 3 is 2.80 bits per heavy atom.